The van der Waals surface area contributed by atoms with Gasteiger partial charge in [-0.25, -0.2) is 4.98 Å². The Bertz CT molecular complexity index is 1090. The van der Waals surface area contributed by atoms with Crippen molar-refractivity contribution in [3.8, 4) is 11.5 Å². The highest BCUT2D eigenvalue weighted by atomic mass is 35.5. The summed E-state index contributed by atoms with van der Waals surface area (Å²) in [4.78, 5) is 6.74. The standard InChI is InChI=1S/C28H36ClN3O3/c1-3-27-30-12-16-32(27)13-5-17-34-24-7-4-6-23(19-24)20-31-14-10-28(33,11-15-31)21-35-26-18-22(2)8-9-25(26)29/h4,6-9,12,16,18-19,33H,3,5,10-11,13-15,17,20-21H2,1-2H3. The molecule has 2 heterocycles. The summed E-state index contributed by atoms with van der Waals surface area (Å²) < 4.78 is 14.1. The maximum absolute atomic E-state index is 11.0. The lowest BCUT2D eigenvalue weighted by molar-refractivity contribution is -0.0537. The van der Waals surface area contributed by atoms with E-state index >= 15 is 0 Å². The van der Waals surface area contributed by atoms with Crippen molar-refractivity contribution in [3.63, 3.8) is 0 Å². The van der Waals surface area contributed by atoms with Crippen LogP contribution in [0.25, 0.3) is 0 Å². The van der Waals surface area contributed by atoms with Crippen LogP contribution in [0, 0.1) is 6.92 Å². The van der Waals surface area contributed by atoms with Crippen molar-refractivity contribution in [1.82, 2.24) is 14.5 Å². The van der Waals surface area contributed by atoms with Crippen molar-refractivity contribution in [1.29, 1.82) is 0 Å². The van der Waals surface area contributed by atoms with Crippen LogP contribution in [0.15, 0.2) is 54.9 Å². The van der Waals surface area contributed by atoms with E-state index in [1.54, 1.807) is 0 Å². The van der Waals surface area contributed by atoms with E-state index in [9.17, 15) is 5.11 Å². The van der Waals surface area contributed by atoms with Gasteiger partial charge in [-0.2, -0.15) is 0 Å². The summed E-state index contributed by atoms with van der Waals surface area (Å²) in [6, 6.07) is 14.0. The Labute approximate surface area is 213 Å². The van der Waals surface area contributed by atoms with E-state index < -0.39 is 5.60 Å². The summed E-state index contributed by atoms with van der Waals surface area (Å²) in [6.45, 7) is 8.44. The molecule has 1 aromatic heterocycles. The molecule has 0 bridgehead atoms. The molecule has 6 nitrogen and oxygen atoms in total. The number of rotatable bonds is 11. The Kier molecular flexibility index (Phi) is 8.71. The lowest BCUT2D eigenvalue weighted by Crippen LogP contribution is -2.47. The first kappa shape index (κ1) is 25.5. The molecule has 1 fully saturated rings. The molecule has 0 spiro atoms. The van der Waals surface area contributed by atoms with Gasteiger partial charge in [0, 0.05) is 45.0 Å². The van der Waals surface area contributed by atoms with Crippen LogP contribution >= 0.6 is 11.6 Å². The van der Waals surface area contributed by atoms with Gasteiger partial charge in [0.15, 0.2) is 0 Å². The lowest BCUT2D eigenvalue weighted by atomic mass is 9.92. The predicted molar refractivity (Wildman–Crippen MR) is 139 cm³/mol. The smallest absolute Gasteiger partial charge is 0.138 e. The summed E-state index contributed by atoms with van der Waals surface area (Å²) >= 11 is 6.23. The van der Waals surface area contributed by atoms with Gasteiger partial charge in [0.2, 0.25) is 0 Å². The van der Waals surface area contributed by atoms with Gasteiger partial charge < -0.3 is 19.1 Å². The van der Waals surface area contributed by atoms with E-state index in [-0.39, 0.29) is 6.61 Å². The van der Waals surface area contributed by atoms with Crippen LogP contribution in [-0.2, 0) is 19.5 Å². The summed E-state index contributed by atoms with van der Waals surface area (Å²) in [7, 11) is 0. The van der Waals surface area contributed by atoms with Crippen LogP contribution in [-0.4, -0.2) is 51.5 Å². The molecule has 0 unspecified atom stereocenters. The number of halogens is 1. The average Bonchev–Trinajstić information content (AvgIpc) is 3.32. The molecule has 3 aromatic rings. The summed E-state index contributed by atoms with van der Waals surface area (Å²) in [6.07, 6.45) is 7.10. The minimum atomic E-state index is -0.832. The number of hydrogen-bond acceptors (Lipinski definition) is 5. The molecule has 2 aromatic carbocycles. The first-order valence-corrected chi connectivity index (χ1v) is 12.9. The van der Waals surface area contributed by atoms with Crippen LogP contribution in [0.2, 0.25) is 5.02 Å². The maximum atomic E-state index is 11.0. The van der Waals surface area contributed by atoms with Crippen LogP contribution in [0.5, 0.6) is 11.5 Å². The number of aryl methyl sites for hydroxylation is 3. The van der Waals surface area contributed by atoms with Gasteiger partial charge in [0.05, 0.1) is 11.6 Å². The highest BCUT2D eigenvalue weighted by molar-refractivity contribution is 6.32. The Morgan fingerprint density at radius 3 is 2.74 bits per heavy atom. The molecule has 35 heavy (non-hydrogen) atoms. The largest absolute Gasteiger partial charge is 0.494 e. The molecule has 0 aliphatic carbocycles. The van der Waals surface area contributed by atoms with Crippen molar-refractivity contribution < 1.29 is 14.6 Å². The SMILES string of the molecule is CCc1nccn1CCCOc1cccc(CN2CCC(O)(COc3cc(C)ccc3Cl)CC2)c1. The van der Waals surface area contributed by atoms with Gasteiger partial charge in [-0.3, -0.25) is 4.90 Å². The first-order chi connectivity index (χ1) is 16.9. The summed E-state index contributed by atoms with van der Waals surface area (Å²) in [5.41, 5.74) is 1.47. The Hall–Kier alpha value is -2.54. The Morgan fingerprint density at radius 2 is 1.94 bits per heavy atom. The number of piperidine rings is 1. The van der Waals surface area contributed by atoms with Gasteiger partial charge in [-0.05, 0) is 61.6 Å². The van der Waals surface area contributed by atoms with E-state index in [2.05, 4.69) is 39.6 Å². The van der Waals surface area contributed by atoms with Gasteiger partial charge in [0.25, 0.3) is 0 Å². The third-order valence-corrected chi connectivity index (χ3v) is 6.92. The second-order valence-corrected chi connectivity index (χ2v) is 9.87. The van der Waals surface area contributed by atoms with Gasteiger partial charge in [0.1, 0.15) is 29.5 Å². The topological polar surface area (TPSA) is 59.8 Å². The highest BCUT2D eigenvalue weighted by Gasteiger charge is 2.33. The molecule has 0 amide bonds. The number of nitrogens with zero attached hydrogens (tertiary/aromatic N) is 3. The monoisotopic (exact) mass is 497 g/mol. The van der Waals surface area contributed by atoms with E-state index in [0.717, 1.165) is 56.2 Å². The number of hydrogen-bond donors (Lipinski definition) is 1. The Morgan fingerprint density at radius 1 is 1.11 bits per heavy atom. The minimum Gasteiger partial charge on any atom is -0.494 e. The van der Waals surface area contributed by atoms with Crippen LogP contribution in [0.1, 0.15) is 43.1 Å². The first-order valence-electron chi connectivity index (χ1n) is 12.5. The van der Waals surface area contributed by atoms with Crippen molar-refractivity contribution in [3.05, 3.63) is 76.8 Å². The maximum Gasteiger partial charge on any atom is 0.138 e. The molecule has 7 heteroatoms. The van der Waals surface area contributed by atoms with Gasteiger partial charge >= 0.3 is 0 Å². The number of benzene rings is 2. The molecule has 1 aliphatic heterocycles. The molecular formula is C28H36ClN3O3. The fraction of sp³-hybridized carbons (Fsp3) is 0.464. The number of likely N-dealkylation sites (tertiary alicyclic amines) is 1. The van der Waals surface area contributed by atoms with Crippen LogP contribution in [0.4, 0.5) is 0 Å². The average molecular weight is 498 g/mol. The number of aliphatic hydroxyl groups is 1. The quantitative estimate of drug-likeness (QED) is 0.365. The van der Waals surface area contributed by atoms with Crippen molar-refractivity contribution in [2.24, 2.45) is 0 Å². The number of aromatic nitrogens is 2. The molecule has 1 N–H and O–H groups in total. The zero-order valence-corrected chi connectivity index (χ0v) is 21.5. The van der Waals surface area contributed by atoms with E-state index in [4.69, 9.17) is 21.1 Å². The van der Waals surface area contributed by atoms with E-state index in [1.807, 2.05) is 43.6 Å². The third kappa shape index (κ3) is 7.23. The number of imidazole rings is 1. The van der Waals surface area contributed by atoms with E-state index in [1.165, 1.54) is 5.56 Å². The molecule has 0 saturated carbocycles. The fourth-order valence-corrected chi connectivity index (χ4v) is 4.65. The third-order valence-electron chi connectivity index (χ3n) is 6.60. The molecule has 1 saturated heterocycles. The van der Waals surface area contributed by atoms with Crippen LogP contribution in [0.3, 0.4) is 0 Å². The molecule has 0 atom stereocenters. The number of ether oxygens (including phenoxy) is 2. The van der Waals surface area contributed by atoms with Crippen molar-refractivity contribution in [2.75, 3.05) is 26.3 Å². The molecule has 0 radical (unpaired) electrons. The second kappa shape index (κ2) is 11.9. The molecule has 188 valence electrons. The Balaban J connectivity index is 1.21. The second-order valence-electron chi connectivity index (χ2n) is 9.46. The normalized spacial score (nSPS) is 15.8. The molecular weight excluding hydrogens is 462 g/mol. The highest BCUT2D eigenvalue weighted by Crippen LogP contribution is 2.29. The lowest BCUT2D eigenvalue weighted by Gasteiger charge is -2.38. The molecule has 4 rings (SSSR count). The summed E-state index contributed by atoms with van der Waals surface area (Å²) in [5, 5.41) is 11.6. The zero-order valence-electron chi connectivity index (χ0n) is 20.8. The van der Waals surface area contributed by atoms with Crippen molar-refractivity contribution in [2.45, 2.75) is 58.2 Å². The van der Waals surface area contributed by atoms with Crippen LogP contribution < -0.4 is 9.47 Å². The zero-order chi connectivity index (χ0) is 24.7. The predicted octanol–water partition coefficient (Wildman–Crippen LogP) is 5.28. The fourth-order valence-electron chi connectivity index (χ4n) is 4.48. The minimum absolute atomic E-state index is 0.256. The van der Waals surface area contributed by atoms with Crippen molar-refractivity contribution >= 4 is 11.6 Å². The molecule has 1 aliphatic rings. The van der Waals surface area contributed by atoms with Gasteiger partial charge in [-0.15, -0.1) is 0 Å². The van der Waals surface area contributed by atoms with Gasteiger partial charge in [-0.1, -0.05) is 36.7 Å². The summed E-state index contributed by atoms with van der Waals surface area (Å²) in [5.74, 6) is 2.65. The van der Waals surface area contributed by atoms with E-state index in [0.29, 0.717) is 30.2 Å².